The lowest BCUT2D eigenvalue weighted by Crippen LogP contribution is -1.97. The van der Waals surface area contributed by atoms with Crippen molar-refractivity contribution in [2.45, 2.75) is 0 Å². The molecule has 0 aliphatic carbocycles. The van der Waals surface area contributed by atoms with Crippen LogP contribution in [0, 0.1) is 0 Å². The number of benzene rings is 1. The number of rotatable bonds is 2. The van der Waals surface area contributed by atoms with E-state index in [2.05, 4.69) is 10.1 Å². The summed E-state index contributed by atoms with van der Waals surface area (Å²) in [7, 11) is 1.88. The molecule has 4 nitrogen and oxygen atoms in total. The fourth-order valence-corrected chi connectivity index (χ4v) is 2.48. The van der Waals surface area contributed by atoms with Gasteiger partial charge >= 0.3 is 0 Å². The van der Waals surface area contributed by atoms with Gasteiger partial charge in [0, 0.05) is 18.3 Å². The summed E-state index contributed by atoms with van der Waals surface area (Å²) in [6.45, 7) is 0. The van der Waals surface area contributed by atoms with Gasteiger partial charge in [-0.1, -0.05) is 18.2 Å². The highest BCUT2D eigenvalue weighted by atomic mass is 32.1. The van der Waals surface area contributed by atoms with Crippen LogP contribution in [0.2, 0.25) is 0 Å². The summed E-state index contributed by atoms with van der Waals surface area (Å²) in [5, 5.41) is 6.45. The zero-order valence-electron chi connectivity index (χ0n) is 9.87. The predicted molar refractivity (Wildman–Crippen MR) is 74.2 cm³/mol. The number of hydrogen-bond donors (Lipinski definition) is 1. The van der Waals surface area contributed by atoms with Gasteiger partial charge in [-0.05, 0) is 23.6 Å². The lowest BCUT2D eigenvalue weighted by atomic mass is 10.2. The van der Waals surface area contributed by atoms with Crippen LogP contribution in [0.5, 0.6) is 0 Å². The zero-order chi connectivity index (χ0) is 12.5. The van der Waals surface area contributed by atoms with Crippen LogP contribution in [-0.4, -0.2) is 14.8 Å². The summed E-state index contributed by atoms with van der Waals surface area (Å²) in [4.78, 5) is 5.63. The van der Waals surface area contributed by atoms with Gasteiger partial charge in [-0.3, -0.25) is 0 Å². The number of thiophene rings is 1. The van der Waals surface area contributed by atoms with Crippen molar-refractivity contribution in [1.29, 1.82) is 0 Å². The number of nitrogen functional groups attached to an aromatic ring is 1. The van der Waals surface area contributed by atoms with Gasteiger partial charge in [-0.15, -0.1) is 16.4 Å². The van der Waals surface area contributed by atoms with Crippen molar-refractivity contribution in [3.8, 4) is 22.1 Å². The molecule has 90 valence electrons. The van der Waals surface area contributed by atoms with E-state index in [4.69, 9.17) is 5.73 Å². The molecule has 2 N–H and O–H groups in total. The fraction of sp³-hybridized carbons (Fsp3) is 0.0769. The first-order valence-corrected chi connectivity index (χ1v) is 6.43. The average Bonchev–Trinajstić information content (AvgIpc) is 2.99. The number of anilines is 1. The molecule has 0 aliphatic heterocycles. The van der Waals surface area contributed by atoms with Crippen molar-refractivity contribution < 1.29 is 0 Å². The summed E-state index contributed by atoms with van der Waals surface area (Å²) in [6, 6.07) is 11.7. The molecule has 0 saturated carbocycles. The Hall–Kier alpha value is -2.14. The first-order valence-electron chi connectivity index (χ1n) is 5.55. The third kappa shape index (κ3) is 1.78. The fourth-order valence-electron chi connectivity index (χ4n) is 1.83. The molecular formula is C13H12N4S. The molecule has 5 heteroatoms. The largest absolute Gasteiger partial charge is 0.398 e. The molecule has 0 bridgehead atoms. The maximum absolute atomic E-state index is 5.97. The smallest absolute Gasteiger partial charge is 0.191 e. The minimum absolute atomic E-state index is 0.714. The van der Waals surface area contributed by atoms with Crippen molar-refractivity contribution in [3.63, 3.8) is 0 Å². The molecule has 18 heavy (non-hydrogen) atoms. The van der Waals surface area contributed by atoms with Crippen LogP contribution in [0.25, 0.3) is 22.1 Å². The first kappa shape index (κ1) is 11.0. The molecule has 1 aromatic carbocycles. The summed E-state index contributed by atoms with van der Waals surface area (Å²) < 4.78 is 1.76. The number of nitrogens with two attached hydrogens (primary N) is 1. The number of hydrogen-bond acceptors (Lipinski definition) is 4. The molecule has 3 aromatic rings. The monoisotopic (exact) mass is 256 g/mol. The maximum atomic E-state index is 5.97. The van der Waals surface area contributed by atoms with Crippen molar-refractivity contribution in [1.82, 2.24) is 14.8 Å². The first-order chi connectivity index (χ1) is 8.75. The minimum Gasteiger partial charge on any atom is -0.398 e. The van der Waals surface area contributed by atoms with Crippen molar-refractivity contribution >= 4 is 17.0 Å². The Balaban J connectivity index is 2.12. The Bertz CT molecular complexity index is 670. The Morgan fingerprint density at radius 2 is 2.00 bits per heavy atom. The van der Waals surface area contributed by atoms with Crippen LogP contribution in [-0.2, 0) is 7.05 Å². The molecule has 0 unspecified atom stereocenters. The molecule has 0 atom stereocenters. The van der Waals surface area contributed by atoms with Crippen molar-refractivity contribution in [3.05, 3.63) is 41.8 Å². The van der Waals surface area contributed by atoms with Crippen molar-refractivity contribution in [2.75, 3.05) is 5.73 Å². The molecule has 0 aliphatic rings. The molecule has 2 aromatic heterocycles. The lowest BCUT2D eigenvalue weighted by molar-refractivity contribution is 0.778. The summed E-state index contributed by atoms with van der Waals surface area (Å²) in [6.07, 6.45) is 0. The van der Waals surface area contributed by atoms with Gasteiger partial charge in [0.2, 0.25) is 0 Å². The van der Waals surface area contributed by atoms with Crippen LogP contribution in [0.15, 0.2) is 41.8 Å². The highest BCUT2D eigenvalue weighted by Crippen LogP contribution is 2.27. The van der Waals surface area contributed by atoms with E-state index in [-0.39, 0.29) is 0 Å². The van der Waals surface area contributed by atoms with E-state index in [9.17, 15) is 0 Å². The molecule has 0 saturated heterocycles. The molecule has 0 spiro atoms. The molecule has 0 radical (unpaired) electrons. The van der Waals surface area contributed by atoms with Gasteiger partial charge < -0.3 is 5.73 Å². The zero-order valence-corrected chi connectivity index (χ0v) is 10.7. The number of para-hydroxylation sites is 1. The normalized spacial score (nSPS) is 10.7. The molecule has 3 rings (SSSR count). The molecule has 0 amide bonds. The Kier molecular flexibility index (Phi) is 2.60. The standard InChI is InChI=1S/C13H12N4S/c1-17-13(9-5-2-3-6-10(9)14)15-12(16-17)11-7-4-8-18-11/h2-8H,14H2,1H3. The SMILES string of the molecule is Cn1nc(-c2cccs2)nc1-c1ccccc1N. The summed E-state index contributed by atoms with van der Waals surface area (Å²) in [5.41, 5.74) is 7.60. The number of aryl methyl sites for hydroxylation is 1. The predicted octanol–water partition coefficient (Wildman–Crippen LogP) is 2.79. The van der Waals surface area contributed by atoms with Crippen LogP contribution in [0.3, 0.4) is 0 Å². The van der Waals surface area contributed by atoms with Crippen LogP contribution in [0.1, 0.15) is 0 Å². The maximum Gasteiger partial charge on any atom is 0.191 e. The van der Waals surface area contributed by atoms with Gasteiger partial charge in [0.15, 0.2) is 11.6 Å². The van der Waals surface area contributed by atoms with E-state index in [0.29, 0.717) is 5.69 Å². The summed E-state index contributed by atoms with van der Waals surface area (Å²) >= 11 is 1.63. The van der Waals surface area contributed by atoms with E-state index in [1.807, 2.05) is 48.8 Å². The van der Waals surface area contributed by atoms with Gasteiger partial charge in [-0.2, -0.15) is 0 Å². The van der Waals surface area contributed by atoms with E-state index < -0.39 is 0 Å². The minimum atomic E-state index is 0.714. The van der Waals surface area contributed by atoms with Crippen molar-refractivity contribution in [2.24, 2.45) is 7.05 Å². The average molecular weight is 256 g/mol. The van der Waals surface area contributed by atoms with Crippen LogP contribution >= 0.6 is 11.3 Å². The quantitative estimate of drug-likeness (QED) is 0.717. The molecule has 0 fully saturated rings. The van der Waals surface area contributed by atoms with E-state index in [1.165, 1.54) is 0 Å². The van der Waals surface area contributed by atoms with Gasteiger partial charge in [-0.25, -0.2) is 9.67 Å². The Morgan fingerprint density at radius 3 is 2.72 bits per heavy atom. The van der Waals surface area contributed by atoms with E-state index in [0.717, 1.165) is 22.1 Å². The second-order valence-corrected chi connectivity index (χ2v) is 4.89. The Morgan fingerprint density at radius 1 is 1.17 bits per heavy atom. The highest BCUT2D eigenvalue weighted by molar-refractivity contribution is 7.13. The second-order valence-electron chi connectivity index (χ2n) is 3.95. The second kappa shape index (κ2) is 4.27. The lowest BCUT2D eigenvalue weighted by Gasteiger charge is -2.02. The Labute approximate surface area is 109 Å². The van der Waals surface area contributed by atoms with Gasteiger partial charge in [0.25, 0.3) is 0 Å². The van der Waals surface area contributed by atoms with Crippen LogP contribution < -0.4 is 5.73 Å². The number of aromatic nitrogens is 3. The highest BCUT2D eigenvalue weighted by Gasteiger charge is 2.13. The van der Waals surface area contributed by atoms with Gasteiger partial charge in [0.05, 0.1) is 4.88 Å². The third-order valence-corrected chi connectivity index (χ3v) is 3.57. The summed E-state index contributed by atoms with van der Waals surface area (Å²) in [5.74, 6) is 1.53. The topological polar surface area (TPSA) is 56.7 Å². The number of nitrogens with zero attached hydrogens (tertiary/aromatic N) is 3. The molecular weight excluding hydrogens is 244 g/mol. The third-order valence-electron chi connectivity index (χ3n) is 2.71. The van der Waals surface area contributed by atoms with E-state index in [1.54, 1.807) is 16.0 Å². The van der Waals surface area contributed by atoms with E-state index >= 15 is 0 Å². The molecule has 2 heterocycles. The van der Waals surface area contributed by atoms with Crippen LogP contribution in [0.4, 0.5) is 5.69 Å². The van der Waals surface area contributed by atoms with Gasteiger partial charge in [0.1, 0.15) is 0 Å².